The number of amides is 2. The van der Waals surface area contributed by atoms with Gasteiger partial charge >= 0.3 is 0 Å². The monoisotopic (exact) mass is 488 g/mol. The number of aryl methyl sites for hydroxylation is 1. The molecule has 1 aromatic carbocycles. The Bertz CT molecular complexity index is 1350. The number of anilines is 1. The number of halogens is 1. The van der Waals surface area contributed by atoms with Gasteiger partial charge in [0.25, 0.3) is 5.91 Å². The van der Waals surface area contributed by atoms with Crippen LogP contribution in [0.3, 0.4) is 0 Å². The summed E-state index contributed by atoms with van der Waals surface area (Å²) in [5.74, 6) is 1.61. The summed E-state index contributed by atoms with van der Waals surface area (Å²) in [4.78, 5) is 32.1. The van der Waals surface area contributed by atoms with Gasteiger partial charge in [-0.1, -0.05) is 18.9 Å². The van der Waals surface area contributed by atoms with Crippen molar-refractivity contribution in [3.8, 4) is 11.5 Å². The number of aromatic nitrogens is 4. The number of carbonyl (C=O) groups excluding carboxylic acids is 2. The highest BCUT2D eigenvalue weighted by atomic mass is 19.1. The van der Waals surface area contributed by atoms with Crippen LogP contribution in [0.4, 0.5) is 10.2 Å². The number of fused-ring (bicyclic) bond motifs is 2. The van der Waals surface area contributed by atoms with Crippen LogP contribution < -0.4 is 5.32 Å². The maximum Gasteiger partial charge on any atom is 0.259 e. The minimum atomic E-state index is -0.572. The highest BCUT2D eigenvalue weighted by Crippen LogP contribution is 2.34. The summed E-state index contributed by atoms with van der Waals surface area (Å²) in [7, 11) is 0. The molecule has 4 heterocycles. The number of pyridine rings is 1. The van der Waals surface area contributed by atoms with E-state index in [0.29, 0.717) is 49.2 Å². The van der Waals surface area contributed by atoms with Crippen LogP contribution in [-0.4, -0.2) is 43.0 Å². The summed E-state index contributed by atoms with van der Waals surface area (Å²) in [5, 5.41) is 11.3. The van der Waals surface area contributed by atoms with Gasteiger partial charge < -0.3 is 14.8 Å². The van der Waals surface area contributed by atoms with E-state index in [0.717, 1.165) is 36.2 Å². The van der Waals surface area contributed by atoms with Crippen molar-refractivity contribution in [2.75, 3.05) is 11.9 Å². The first-order chi connectivity index (χ1) is 17.5. The van der Waals surface area contributed by atoms with Gasteiger partial charge in [-0.05, 0) is 67.5 Å². The van der Waals surface area contributed by atoms with Gasteiger partial charge in [-0.3, -0.25) is 9.59 Å². The van der Waals surface area contributed by atoms with Gasteiger partial charge in [0.05, 0.1) is 5.56 Å². The van der Waals surface area contributed by atoms with Crippen molar-refractivity contribution < 1.29 is 14.0 Å². The van der Waals surface area contributed by atoms with Gasteiger partial charge in [-0.25, -0.2) is 9.37 Å². The quantitative estimate of drug-likeness (QED) is 0.558. The standard InChI is InChI=1S/C27H29FN6O2/c1-16-5-9-24-31-32-26(34(16)24)22-3-2-4-23(29-22)30-27(36)20-13-19-15-33(12-11-18(19)14-21(20)28)25(35)10-8-17-6-7-17/h2-4,13-14,16-17H,5-12,15H2,1H3,(H,29,30,36). The number of carbonyl (C=O) groups is 2. The van der Waals surface area contributed by atoms with Crippen LogP contribution >= 0.6 is 0 Å². The molecule has 8 nitrogen and oxygen atoms in total. The van der Waals surface area contributed by atoms with Crippen LogP contribution in [0.2, 0.25) is 0 Å². The lowest BCUT2D eigenvalue weighted by Crippen LogP contribution is -2.36. The fourth-order valence-corrected chi connectivity index (χ4v) is 5.27. The van der Waals surface area contributed by atoms with Gasteiger partial charge in [-0.15, -0.1) is 10.2 Å². The van der Waals surface area contributed by atoms with Crippen LogP contribution in [0.15, 0.2) is 30.3 Å². The number of hydrogen-bond acceptors (Lipinski definition) is 5. The van der Waals surface area contributed by atoms with E-state index < -0.39 is 11.7 Å². The zero-order chi connectivity index (χ0) is 24.8. The molecule has 1 atom stereocenters. The Morgan fingerprint density at radius 1 is 1.11 bits per heavy atom. The maximum atomic E-state index is 14.9. The molecule has 9 heteroatoms. The van der Waals surface area contributed by atoms with E-state index in [1.807, 2.05) is 11.0 Å². The minimum Gasteiger partial charge on any atom is -0.338 e. The second-order valence-electron chi connectivity index (χ2n) is 10.2. The van der Waals surface area contributed by atoms with Crippen LogP contribution in [0.5, 0.6) is 0 Å². The summed E-state index contributed by atoms with van der Waals surface area (Å²) in [6.45, 7) is 3.11. The van der Waals surface area contributed by atoms with Crippen LogP contribution in [0.1, 0.15) is 72.4 Å². The van der Waals surface area contributed by atoms with Crippen molar-refractivity contribution in [3.63, 3.8) is 0 Å². The Labute approximate surface area is 208 Å². The molecular weight excluding hydrogens is 459 g/mol. The fourth-order valence-electron chi connectivity index (χ4n) is 5.27. The Morgan fingerprint density at radius 2 is 1.97 bits per heavy atom. The van der Waals surface area contributed by atoms with Crippen molar-refractivity contribution in [1.29, 1.82) is 0 Å². The third-order valence-corrected chi connectivity index (χ3v) is 7.57. The Kier molecular flexibility index (Phi) is 5.78. The average Bonchev–Trinajstić information content (AvgIpc) is 3.50. The highest BCUT2D eigenvalue weighted by molar-refractivity contribution is 6.04. The highest BCUT2D eigenvalue weighted by Gasteiger charge is 2.28. The second kappa shape index (κ2) is 9.11. The lowest BCUT2D eigenvalue weighted by atomic mass is 9.96. The molecular formula is C27H29FN6O2. The molecule has 186 valence electrons. The topological polar surface area (TPSA) is 93.0 Å². The van der Waals surface area contributed by atoms with Gasteiger partial charge in [-0.2, -0.15) is 0 Å². The molecule has 1 aliphatic carbocycles. The Hall–Kier alpha value is -3.62. The fraction of sp³-hybridized carbons (Fsp3) is 0.444. The molecule has 1 N–H and O–H groups in total. The van der Waals surface area contributed by atoms with Gasteiger partial charge in [0.1, 0.15) is 23.2 Å². The third kappa shape index (κ3) is 4.38. The molecule has 2 amide bonds. The molecule has 0 saturated heterocycles. The Morgan fingerprint density at radius 3 is 2.81 bits per heavy atom. The molecule has 0 spiro atoms. The summed E-state index contributed by atoms with van der Waals surface area (Å²) >= 11 is 0. The predicted octanol–water partition coefficient (Wildman–Crippen LogP) is 4.31. The number of nitrogens with one attached hydrogen (secondary N) is 1. The lowest BCUT2D eigenvalue weighted by Gasteiger charge is -2.29. The molecule has 1 fully saturated rings. The molecule has 3 aliphatic rings. The zero-order valence-electron chi connectivity index (χ0n) is 20.3. The molecule has 0 radical (unpaired) electrons. The SMILES string of the molecule is CC1CCc2nnc(-c3cccc(NC(=O)c4cc5c(cc4F)CCN(C(=O)CCC4CC4)C5)n3)n21. The summed E-state index contributed by atoms with van der Waals surface area (Å²) < 4.78 is 17.0. The summed E-state index contributed by atoms with van der Waals surface area (Å²) in [6, 6.07) is 8.58. The first-order valence-electron chi connectivity index (χ1n) is 12.8. The van der Waals surface area contributed by atoms with Crippen molar-refractivity contribution in [2.24, 2.45) is 5.92 Å². The first-order valence-corrected chi connectivity index (χ1v) is 12.8. The maximum absolute atomic E-state index is 14.9. The van der Waals surface area contributed by atoms with Crippen molar-refractivity contribution in [3.05, 3.63) is 58.7 Å². The first kappa shape index (κ1) is 22.8. The molecule has 1 unspecified atom stereocenters. The minimum absolute atomic E-state index is 0.0507. The molecule has 2 aliphatic heterocycles. The van der Waals surface area contributed by atoms with Crippen LogP contribution in [0.25, 0.3) is 11.5 Å². The molecule has 3 aromatic rings. The lowest BCUT2D eigenvalue weighted by molar-refractivity contribution is -0.132. The molecule has 1 saturated carbocycles. The largest absolute Gasteiger partial charge is 0.338 e. The molecule has 0 bridgehead atoms. The van der Waals surface area contributed by atoms with Gasteiger partial charge in [0, 0.05) is 32.0 Å². The van der Waals surface area contributed by atoms with Crippen molar-refractivity contribution >= 4 is 17.6 Å². The van der Waals surface area contributed by atoms with Crippen molar-refractivity contribution in [1.82, 2.24) is 24.6 Å². The Balaban J connectivity index is 1.19. The van der Waals surface area contributed by atoms with E-state index in [1.54, 1.807) is 18.2 Å². The molecule has 36 heavy (non-hydrogen) atoms. The third-order valence-electron chi connectivity index (χ3n) is 7.57. The van der Waals surface area contributed by atoms with E-state index >= 15 is 0 Å². The predicted molar refractivity (Wildman–Crippen MR) is 132 cm³/mol. The molecule has 2 aromatic heterocycles. The van der Waals surface area contributed by atoms with Crippen molar-refractivity contribution in [2.45, 2.75) is 64.5 Å². The summed E-state index contributed by atoms with van der Waals surface area (Å²) in [6.07, 6.45) is 6.44. The molecule has 6 rings (SSSR count). The van der Waals surface area contributed by atoms with E-state index in [4.69, 9.17) is 0 Å². The van der Waals surface area contributed by atoms with Gasteiger partial charge in [0.15, 0.2) is 5.82 Å². The summed E-state index contributed by atoms with van der Waals surface area (Å²) in [5.41, 5.74) is 2.23. The van der Waals surface area contributed by atoms with Crippen LogP contribution in [0, 0.1) is 11.7 Å². The van der Waals surface area contributed by atoms with Gasteiger partial charge in [0.2, 0.25) is 5.91 Å². The average molecular weight is 489 g/mol. The number of rotatable bonds is 6. The number of benzene rings is 1. The number of nitrogens with zero attached hydrogens (tertiary/aromatic N) is 5. The zero-order valence-corrected chi connectivity index (χ0v) is 20.3. The van der Waals surface area contributed by atoms with E-state index in [9.17, 15) is 14.0 Å². The van der Waals surface area contributed by atoms with E-state index in [1.165, 1.54) is 18.9 Å². The van der Waals surface area contributed by atoms with E-state index in [-0.39, 0.29) is 17.5 Å². The second-order valence-corrected chi connectivity index (χ2v) is 10.2. The van der Waals surface area contributed by atoms with E-state index in [2.05, 4.69) is 32.0 Å². The van der Waals surface area contributed by atoms with Crippen LogP contribution in [-0.2, 0) is 24.2 Å². The number of hydrogen-bond donors (Lipinski definition) is 1. The smallest absolute Gasteiger partial charge is 0.259 e. The normalized spacial score (nSPS) is 18.6.